The molecule has 1 aromatic rings. The zero-order valence-electron chi connectivity index (χ0n) is 8.83. The van der Waals surface area contributed by atoms with Gasteiger partial charge in [0.1, 0.15) is 0 Å². The molecule has 0 bridgehead atoms. The van der Waals surface area contributed by atoms with Crippen LogP contribution < -0.4 is 0 Å². The van der Waals surface area contributed by atoms with E-state index in [4.69, 9.17) is 19.6 Å². The van der Waals surface area contributed by atoms with Crippen molar-refractivity contribution in [2.24, 2.45) is 0 Å². The van der Waals surface area contributed by atoms with Crippen molar-refractivity contribution in [3.05, 3.63) is 35.9 Å². The average Bonchev–Trinajstić information content (AvgIpc) is 2.14. The Kier molecular flexibility index (Phi) is 6.61. The average molecular weight is 304 g/mol. The molecule has 1 rings (SSSR count). The molecule has 11 heteroatoms. The van der Waals surface area contributed by atoms with Crippen LogP contribution in [-0.2, 0) is 14.2 Å². The van der Waals surface area contributed by atoms with E-state index in [1.165, 1.54) is 18.2 Å². The molecule has 0 atom stereocenters. The molecule has 9 N–H and O–H groups in total. The monoisotopic (exact) mass is 304 g/mol. The van der Waals surface area contributed by atoms with Crippen LogP contribution in [0.25, 0.3) is 0 Å². The van der Waals surface area contributed by atoms with Crippen LogP contribution >= 0.6 is 15.2 Å². The standard InChI is InChI=1S/C7H10O7P2.2H2O/c8-7(15(9,10)11,16(12,13)14)6-4-2-1-3-5-6;;/h1-5,8H,(H2,9,10,11)(H2,12,13,14);2*1H2. The number of benzene rings is 1. The van der Waals surface area contributed by atoms with E-state index in [2.05, 4.69) is 0 Å². The maximum Gasteiger partial charge on any atom is 0.374 e. The van der Waals surface area contributed by atoms with Crippen LogP contribution in [0, 0.1) is 0 Å². The van der Waals surface area contributed by atoms with Gasteiger partial charge in [0.15, 0.2) is 0 Å². The zero-order valence-corrected chi connectivity index (χ0v) is 10.6. The maximum absolute atomic E-state index is 11.1. The van der Waals surface area contributed by atoms with E-state index >= 15 is 0 Å². The van der Waals surface area contributed by atoms with Gasteiger partial charge in [0, 0.05) is 5.56 Å². The highest BCUT2D eigenvalue weighted by atomic mass is 31.2. The summed E-state index contributed by atoms with van der Waals surface area (Å²) in [5, 5.41) is 6.13. The van der Waals surface area contributed by atoms with Crippen molar-refractivity contribution >= 4 is 15.2 Å². The third-order valence-corrected chi connectivity index (χ3v) is 5.68. The fourth-order valence-corrected chi connectivity index (χ4v) is 3.50. The number of hydrogen-bond acceptors (Lipinski definition) is 3. The molecule has 0 saturated heterocycles. The lowest BCUT2D eigenvalue weighted by molar-refractivity contribution is 0.131. The van der Waals surface area contributed by atoms with Gasteiger partial charge in [0.2, 0.25) is 0 Å². The zero-order chi connectivity index (χ0) is 12.6. The van der Waals surface area contributed by atoms with Gasteiger partial charge < -0.3 is 35.6 Å². The lowest BCUT2D eigenvalue weighted by Crippen LogP contribution is -2.25. The molecule has 0 radical (unpaired) electrons. The quantitative estimate of drug-likeness (QED) is 0.418. The first-order valence-corrected chi connectivity index (χ1v) is 7.22. The molecule has 1 aromatic carbocycles. The summed E-state index contributed by atoms with van der Waals surface area (Å²) in [7, 11) is -10.9. The van der Waals surface area contributed by atoms with Crippen LogP contribution in [0.1, 0.15) is 5.56 Å². The van der Waals surface area contributed by atoms with Crippen LogP contribution in [0.5, 0.6) is 0 Å². The summed E-state index contributed by atoms with van der Waals surface area (Å²) >= 11 is 0. The van der Waals surface area contributed by atoms with E-state index in [0.29, 0.717) is 0 Å². The highest BCUT2D eigenvalue weighted by Gasteiger charge is 2.60. The van der Waals surface area contributed by atoms with Gasteiger partial charge in [-0.05, 0) is 0 Å². The van der Waals surface area contributed by atoms with Crippen molar-refractivity contribution in [1.29, 1.82) is 0 Å². The predicted octanol–water partition coefficient (Wildman–Crippen LogP) is -1.50. The number of rotatable bonds is 3. The molecular weight excluding hydrogens is 290 g/mol. The van der Waals surface area contributed by atoms with E-state index in [0.717, 1.165) is 12.1 Å². The SMILES string of the molecule is O.O.O=P(O)(O)C(O)(c1ccccc1)P(=O)(O)O. The van der Waals surface area contributed by atoms with E-state index in [1.54, 1.807) is 0 Å². The lowest BCUT2D eigenvalue weighted by atomic mass is 10.2. The fourth-order valence-electron chi connectivity index (χ4n) is 1.17. The molecule has 0 saturated carbocycles. The molecule has 0 aromatic heterocycles. The summed E-state index contributed by atoms with van der Waals surface area (Å²) in [6.45, 7) is 0. The van der Waals surface area contributed by atoms with Crippen LogP contribution in [0.4, 0.5) is 0 Å². The highest BCUT2D eigenvalue weighted by molar-refractivity contribution is 7.71. The fraction of sp³-hybridized carbons (Fsp3) is 0.143. The Labute approximate surface area is 102 Å². The molecule has 0 spiro atoms. The molecule has 0 unspecified atom stereocenters. The molecule has 18 heavy (non-hydrogen) atoms. The molecule has 0 aliphatic heterocycles. The van der Waals surface area contributed by atoms with E-state index < -0.39 is 25.8 Å². The van der Waals surface area contributed by atoms with E-state index in [-0.39, 0.29) is 11.0 Å². The molecule has 0 aliphatic rings. The van der Waals surface area contributed by atoms with Crippen LogP contribution in [0.15, 0.2) is 30.3 Å². The molecule has 0 aliphatic carbocycles. The first-order valence-electron chi connectivity index (χ1n) is 4.00. The smallest absolute Gasteiger partial charge is 0.374 e. The van der Waals surface area contributed by atoms with Crippen molar-refractivity contribution in [1.82, 2.24) is 0 Å². The predicted molar refractivity (Wildman–Crippen MR) is 61.7 cm³/mol. The second-order valence-electron chi connectivity index (χ2n) is 3.09. The minimum absolute atomic E-state index is 0. The van der Waals surface area contributed by atoms with Gasteiger partial charge >= 0.3 is 15.2 Å². The van der Waals surface area contributed by atoms with E-state index in [1.807, 2.05) is 0 Å². The molecular formula is C7H14O9P2. The van der Waals surface area contributed by atoms with Gasteiger partial charge in [0.05, 0.1) is 0 Å². The van der Waals surface area contributed by atoms with Crippen molar-refractivity contribution < 1.29 is 44.8 Å². The third kappa shape index (κ3) is 3.24. The van der Waals surface area contributed by atoms with Crippen LogP contribution in [-0.4, -0.2) is 35.6 Å². The minimum Gasteiger partial charge on any atom is -0.412 e. The first kappa shape index (κ1) is 19.7. The van der Waals surface area contributed by atoms with Gasteiger partial charge in [-0.1, -0.05) is 30.3 Å². The third-order valence-electron chi connectivity index (χ3n) is 1.97. The second-order valence-corrected chi connectivity index (χ2v) is 6.91. The minimum atomic E-state index is -5.44. The summed E-state index contributed by atoms with van der Waals surface area (Å²) in [6, 6.07) is 6.12. The molecule has 9 nitrogen and oxygen atoms in total. The van der Waals surface area contributed by atoms with Crippen molar-refractivity contribution in [2.75, 3.05) is 0 Å². The topological polar surface area (TPSA) is 198 Å². The maximum atomic E-state index is 11.1. The largest absolute Gasteiger partial charge is 0.412 e. The Morgan fingerprint density at radius 1 is 0.833 bits per heavy atom. The molecule has 0 fully saturated rings. The summed E-state index contributed by atoms with van der Waals surface area (Å²) < 4.78 is 22.1. The Morgan fingerprint density at radius 3 is 1.44 bits per heavy atom. The normalized spacial score (nSPS) is 12.3. The lowest BCUT2D eigenvalue weighted by Gasteiger charge is -2.29. The number of aliphatic hydroxyl groups is 1. The Morgan fingerprint density at radius 2 is 1.17 bits per heavy atom. The number of hydrogen-bond donors (Lipinski definition) is 5. The molecule has 106 valence electrons. The summed E-state index contributed by atoms with van der Waals surface area (Å²) in [4.78, 5) is 35.6. The van der Waals surface area contributed by atoms with Gasteiger partial charge in [-0.25, -0.2) is 0 Å². The first-order chi connectivity index (χ1) is 7.11. The van der Waals surface area contributed by atoms with Crippen molar-refractivity contribution in [3.8, 4) is 0 Å². The summed E-state index contributed by atoms with van der Waals surface area (Å²) in [5.74, 6) is 0. The molecule has 0 heterocycles. The molecule has 0 amide bonds. The second kappa shape index (κ2) is 6.03. The van der Waals surface area contributed by atoms with Crippen LogP contribution in [0.3, 0.4) is 0 Å². The summed E-state index contributed by atoms with van der Waals surface area (Å²) in [6.07, 6.45) is 0. The Hall–Kier alpha value is -0.600. The highest BCUT2D eigenvalue weighted by Crippen LogP contribution is 2.72. The van der Waals surface area contributed by atoms with Gasteiger partial charge in [0.25, 0.3) is 5.08 Å². The van der Waals surface area contributed by atoms with Crippen LogP contribution in [0.2, 0.25) is 0 Å². The van der Waals surface area contributed by atoms with Gasteiger partial charge in [-0.3, -0.25) is 9.13 Å². The Bertz CT molecular complexity index is 439. The van der Waals surface area contributed by atoms with Crippen molar-refractivity contribution in [3.63, 3.8) is 0 Å². The Balaban J connectivity index is 0. The van der Waals surface area contributed by atoms with Gasteiger partial charge in [-0.2, -0.15) is 0 Å². The van der Waals surface area contributed by atoms with Gasteiger partial charge in [-0.15, -0.1) is 0 Å². The summed E-state index contributed by atoms with van der Waals surface area (Å²) in [5.41, 5.74) is -0.531. The van der Waals surface area contributed by atoms with E-state index in [9.17, 15) is 14.2 Å². The van der Waals surface area contributed by atoms with Crippen molar-refractivity contribution in [2.45, 2.75) is 5.08 Å².